The van der Waals surface area contributed by atoms with E-state index >= 15 is 0 Å². The highest BCUT2D eigenvalue weighted by Gasteiger charge is 2.04. The molecule has 1 aromatic heterocycles. The summed E-state index contributed by atoms with van der Waals surface area (Å²) < 4.78 is 0. The van der Waals surface area contributed by atoms with Crippen molar-refractivity contribution in [2.75, 3.05) is 6.54 Å². The Morgan fingerprint density at radius 2 is 1.84 bits per heavy atom. The molecule has 1 heterocycles. The first kappa shape index (κ1) is 15.4. The molecule has 0 saturated heterocycles. The van der Waals surface area contributed by atoms with Crippen LogP contribution in [0.25, 0.3) is 0 Å². The SMILES string of the molecule is C.O=C(NCCCCc1ccccc1)c1cccs1. The van der Waals surface area contributed by atoms with Crippen LogP contribution in [-0.2, 0) is 6.42 Å². The van der Waals surface area contributed by atoms with E-state index in [0.29, 0.717) is 0 Å². The van der Waals surface area contributed by atoms with E-state index in [-0.39, 0.29) is 13.3 Å². The van der Waals surface area contributed by atoms with E-state index in [1.54, 1.807) is 0 Å². The van der Waals surface area contributed by atoms with Crippen LogP contribution >= 0.6 is 11.3 Å². The molecular formula is C16H21NOS. The molecule has 1 N–H and O–H groups in total. The van der Waals surface area contributed by atoms with Gasteiger partial charge in [-0.1, -0.05) is 43.8 Å². The van der Waals surface area contributed by atoms with Crippen molar-refractivity contribution in [2.45, 2.75) is 26.7 Å². The molecule has 1 amide bonds. The van der Waals surface area contributed by atoms with Gasteiger partial charge in [-0.05, 0) is 36.3 Å². The zero-order valence-corrected chi connectivity index (χ0v) is 11.1. The Morgan fingerprint density at radius 1 is 1.05 bits per heavy atom. The molecule has 2 rings (SSSR count). The van der Waals surface area contributed by atoms with Crippen molar-refractivity contribution in [3.63, 3.8) is 0 Å². The number of hydrogen-bond acceptors (Lipinski definition) is 2. The number of carbonyl (C=O) groups excluding carboxylic acids is 1. The Balaban J connectivity index is 0.00000180. The molecular weight excluding hydrogens is 254 g/mol. The average Bonchev–Trinajstić information content (AvgIpc) is 2.93. The molecule has 1 aromatic carbocycles. The molecule has 19 heavy (non-hydrogen) atoms. The number of aryl methyl sites for hydroxylation is 1. The Morgan fingerprint density at radius 3 is 2.53 bits per heavy atom. The van der Waals surface area contributed by atoms with Crippen molar-refractivity contribution < 1.29 is 4.79 Å². The fraction of sp³-hybridized carbons (Fsp3) is 0.312. The zero-order chi connectivity index (χ0) is 12.6. The van der Waals surface area contributed by atoms with Gasteiger partial charge in [-0.25, -0.2) is 0 Å². The van der Waals surface area contributed by atoms with Crippen molar-refractivity contribution in [1.82, 2.24) is 5.32 Å². The van der Waals surface area contributed by atoms with Gasteiger partial charge < -0.3 is 5.32 Å². The summed E-state index contributed by atoms with van der Waals surface area (Å²) >= 11 is 1.48. The van der Waals surface area contributed by atoms with Crippen LogP contribution in [-0.4, -0.2) is 12.5 Å². The van der Waals surface area contributed by atoms with Gasteiger partial charge in [0.1, 0.15) is 0 Å². The third-order valence-corrected chi connectivity index (χ3v) is 3.63. The van der Waals surface area contributed by atoms with E-state index in [0.717, 1.165) is 30.7 Å². The second kappa shape index (κ2) is 8.48. The largest absolute Gasteiger partial charge is 0.351 e. The van der Waals surface area contributed by atoms with Crippen molar-refractivity contribution in [2.24, 2.45) is 0 Å². The summed E-state index contributed by atoms with van der Waals surface area (Å²) in [6.45, 7) is 0.754. The summed E-state index contributed by atoms with van der Waals surface area (Å²) in [5.41, 5.74) is 1.36. The fourth-order valence-corrected chi connectivity index (χ4v) is 2.44. The smallest absolute Gasteiger partial charge is 0.261 e. The minimum atomic E-state index is 0. The van der Waals surface area contributed by atoms with Gasteiger partial charge in [0.15, 0.2) is 0 Å². The lowest BCUT2D eigenvalue weighted by Crippen LogP contribution is -2.23. The lowest BCUT2D eigenvalue weighted by molar-refractivity contribution is 0.0957. The average molecular weight is 275 g/mol. The highest BCUT2D eigenvalue weighted by atomic mass is 32.1. The van der Waals surface area contributed by atoms with Crippen molar-refractivity contribution in [1.29, 1.82) is 0 Å². The number of thiophene rings is 1. The molecule has 0 fully saturated rings. The van der Waals surface area contributed by atoms with Crippen LogP contribution in [0.4, 0.5) is 0 Å². The van der Waals surface area contributed by atoms with Gasteiger partial charge in [0.25, 0.3) is 5.91 Å². The maximum atomic E-state index is 11.6. The monoisotopic (exact) mass is 275 g/mol. The van der Waals surface area contributed by atoms with Crippen LogP contribution in [0.15, 0.2) is 47.8 Å². The van der Waals surface area contributed by atoms with E-state index in [9.17, 15) is 4.79 Å². The Bertz CT molecular complexity index is 465. The third-order valence-electron chi connectivity index (χ3n) is 2.77. The second-order valence-electron chi connectivity index (χ2n) is 4.18. The van der Waals surface area contributed by atoms with Gasteiger partial charge in [-0.2, -0.15) is 0 Å². The molecule has 0 aliphatic heterocycles. The van der Waals surface area contributed by atoms with E-state index in [1.807, 2.05) is 23.6 Å². The van der Waals surface area contributed by atoms with Crippen LogP contribution in [0.1, 0.15) is 35.5 Å². The first-order valence-corrected chi connectivity index (χ1v) is 7.10. The molecule has 0 aliphatic carbocycles. The van der Waals surface area contributed by atoms with E-state index in [2.05, 4.69) is 29.6 Å². The second-order valence-corrected chi connectivity index (χ2v) is 5.12. The third kappa shape index (κ3) is 5.26. The number of unbranched alkanes of at least 4 members (excludes halogenated alkanes) is 1. The summed E-state index contributed by atoms with van der Waals surface area (Å²) in [4.78, 5) is 12.4. The molecule has 102 valence electrons. The van der Waals surface area contributed by atoms with Gasteiger partial charge in [-0.3, -0.25) is 4.79 Å². The summed E-state index contributed by atoms with van der Waals surface area (Å²) in [5.74, 6) is 0.0460. The predicted octanol–water partition coefficient (Wildman–Crippen LogP) is 4.14. The molecule has 0 bridgehead atoms. The summed E-state index contributed by atoms with van der Waals surface area (Å²) in [7, 11) is 0. The maximum absolute atomic E-state index is 11.6. The first-order chi connectivity index (χ1) is 8.86. The first-order valence-electron chi connectivity index (χ1n) is 6.22. The minimum Gasteiger partial charge on any atom is -0.351 e. The Hall–Kier alpha value is -1.61. The number of carbonyl (C=O) groups is 1. The number of rotatable bonds is 6. The molecule has 2 nitrogen and oxygen atoms in total. The van der Waals surface area contributed by atoms with Crippen molar-refractivity contribution in [3.8, 4) is 0 Å². The quantitative estimate of drug-likeness (QED) is 0.789. The van der Waals surface area contributed by atoms with Gasteiger partial charge >= 0.3 is 0 Å². The number of amides is 1. The lowest BCUT2D eigenvalue weighted by Gasteiger charge is -2.04. The van der Waals surface area contributed by atoms with Gasteiger partial charge in [0.2, 0.25) is 0 Å². The zero-order valence-electron chi connectivity index (χ0n) is 10.3. The molecule has 0 saturated carbocycles. The number of nitrogens with one attached hydrogen (secondary N) is 1. The molecule has 0 spiro atoms. The summed E-state index contributed by atoms with van der Waals surface area (Å²) in [5, 5.41) is 4.86. The highest BCUT2D eigenvalue weighted by Crippen LogP contribution is 2.08. The maximum Gasteiger partial charge on any atom is 0.261 e. The lowest BCUT2D eigenvalue weighted by atomic mass is 10.1. The van der Waals surface area contributed by atoms with Gasteiger partial charge in [0.05, 0.1) is 4.88 Å². The van der Waals surface area contributed by atoms with E-state index < -0.39 is 0 Å². The van der Waals surface area contributed by atoms with E-state index in [4.69, 9.17) is 0 Å². The van der Waals surface area contributed by atoms with Crippen LogP contribution in [0.3, 0.4) is 0 Å². The molecule has 0 atom stereocenters. The normalized spacial score (nSPS) is 9.68. The minimum absolute atomic E-state index is 0. The summed E-state index contributed by atoms with van der Waals surface area (Å²) in [6, 6.07) is 14.2. The molecule has 0 aliphatic rings. The standard InChI is InChI=1S/C15H17NOS.CH4/c17-15(14-10-6-12-18-14)16-11-5-4-9-13-7-2-1-3-8-13;/h1-3,6-8,10,12H,4-5,9,11H2,(H,16,17);1H4. The topological polar surface area (TPSA) is 29.1 Å². The summed E-state index contributed by atoms with van der Waals surface area (Å²) in [6.07, 6.45) is 3.20. The van der Waals surface area contributed by atoms with Crippen molar-refractivity contribution in [3.05, 3.63) is 58.3 Å². The van der Waals surface area contributed by atoms with Gasteiger partial charge in [-0.15, -0.1) is 11.3 Å². The van der Waals surface area contributed by atoms with Crippen LogP contribution in [0, 0.1) is 0 Å². The molecule has 2 aromatic rings. The number of hydrogen-bond donors (Lipinski definition) is 1. The molecule has 0 radical (unpaired) electrons. The van der Waals surface area contributed by atoms with Crippen LogP contribution in [0.2, 0.25) is 0 Å². The Kier molecular flexibility index (Phi) is 6.90. The fourth-order valence-electron chi connectivity index (χ4n) is 1.80. The Labute approximate surface area is 119 Å². The van der Waals surface area contributed by atoms with Gasteiger partial charge in [0, 0.05) is 6.54 Å². The van der Waals surface area contributed by atoms with Crippen molar-refractivity contribution >= 4 is 17.2 Å². The van der Waals surface area contributed by atoms with Crippen LogP contribution in [0.5, 0.6) is 0 Å². The van der Waals surface area contributed by atoms with Crippen LogP contribution < -0.4 is 5.32 Å². The van der Waals surface area contributed by atoms with E-state index in [1.165, 1.54) is 16.9 Å². The number of benzene rings is 1. The molecule has 3 heteroatoms. The highest BCUT2D eigenvalue weighted by molar-refractivity contribution is 7.12. The predicted molar refractivity (Wildman–Crippen MR) is 82.8 cm³/mol. The molecule has 0 unspecified atom stereocenters.